The highest BCUT2D eigenvalue weighted by molar-refractivity contribution is 7.19. The Bertz CT molecular complexity index is 4140. The first-order valence-electron chi connectivity index (χ1n) is 27.7. The molecule has 80 heavy (non-hydrogen) atoms. The number of hydrogen-bond donors (Lipinski definition) is 0. The van der Waals surface area contributed by atoms with Crippen LogP contribution in [0.15, 0.2) is 255 Å². The molecule has 4 nitrogen and oxygen atoms in total. The average Bonchev–Trinajstić information content (AvgIpc) is 3.92. The summed E-state index contributed by atoms with van der Waals surface area (Å²) in [4.78, 5) is 16.0. The first kappa shape index (κ1) is 50.0. The summed E-state index contributed by atoms with van der Waals surface area (Å²) in [6, 6.07) is 93.7. The second-order valence-electron chi connectivity index (χ2n) is 21.5. The maximum Gasteiger partial charge on any atom is 0.179 e. The highest BCUT2D eigenvalue weighted by Crippen LogP contribution is 2.42. The van der Waals surface area contributed by atoms with Gasteiger partial charge in [0.2, 0.25) is 0 Å². The predicted octanol–water partition coefficient (Wildman–Crippen LogP) is 16.2. The summed E-state index contributed by atoms with van der Waals surface area (Å²) >= 11 is 0. The van der Waals surface area contributed by atoms with Crippen molar-refractivity contribution >= 4 is 50.6 Å². The highest BCUT2D eigenvalue weighted by Gasteiger charge is 2.41. The van der Waals surface area contributed by atoms with Crippen LogP contribution in [0.5, 0.6) is 0 Å². The van der Waals surface area contributed by atoms with Gasteiger partial charge in [-0.1, -0.05) is 236 Å². The maximum absolute atomic E-state index is 5.41. The van der Waals surface area contributed by atoms with E-state index in [0.29, 0.717) is 17.5 Å². The highest BCUT2D eigenvalue weighted by atomic mass is 28.3. The summed E-state index contributed by atoms with van der Waals surface area (Å²) in [5, 5.41) is 7.62. The molecule has 0 unspecified atom stereocenters. The number of nitrogens with zero attached hydrogens (tertiary/aromatic N) is 4. The summed E-state index contributed by atoms with van der Waals surface area (Å²) in [5.41, 5.74) is 20.7. The van der Waals surface area contributed by atoms with Gasteiger partial charge in [0.25, 0.3) is 0 Å². The molecule has 384 valence electrons. The summed E-state index contributed by atoms with van der Waals surface area (Å²) in [5.74, 6) is 1.84. The van der Waals surface area contributed by atoms with Gasteiger partial charge in [0.15, 0.2) is 25.5 Å². The number of hydrogen-bond acceptors (Lipinski definition) is 3. The largest absolute Gasteiger partial charge is 0.309 e. The fourth-order valence-corrected chi connectivity index (χ4v) is 17.7. The predicted molar refractivity (Wildman–Crippen MR) is 339 cm³/mol. The monoisotopic (exact) mass is 1040 g/mol. The average molecular weight is 1050 g/mol. The molecule has 13 rings (SSSR count). The van der Waals surface area contributed by atoms with Crippen molar-refractivity contribution in [1.82, 2.24) is 19.5 Å². The van der Waals surface area contributed by atoms with Gasteiger partial charge < -0.3 is 4.57 Å². The van der Waals surface area contributed by atoms with Gasteiger partial charge in [-0.25, -0.2) is 15.0 Å². The van der Waals surface area contributed by atoms with E-state index in [1.807, 2.05) is 36.4 Å². The van der Waals surface area contributed by atoms with Gasteiger partial charge in [0.1, 0.15) is 0 Å². The maximum atomic E-state index is 5.41. The Labute approximate surface area is 470 Å². The standard InChI is InChI=1S/C75H60N4Si/c1-49-41-51(3)71(52(4)42-49)58-35-38-65-66-39-36-59(72-53(5)43-50(2)44-54(72)6)47-70(66)79(69(65)46-58)60-37-40-67(75-77-73(55-23-12-7-13-24-55)76-74(78-75)56-25-14-8-15-26-56)68(48-60)57-27-22-34-64(45-57)80(61-28-16-9-17-29-61,62-30-18-10-19-31-62)63-32-20-11-21-33-63/h7-48H,1-6H3. The van der Waals surface area contributed by atoms with Crippen LogP contribution in [-0.2, 0) is 0 Å². The van der Waals surface area contributed by atoms with Crippen molar-refractivity contribution in [2.75, 3.05) is 0 Å². The van der Waals surface area contributed by atoms with E-state index >= 15 is 0 Å². The van der Waals surface area contributed by atoms with Crippen molar-refractivity contribution in [2.24, 2.45) is 0 Å². The van der Waals surface area contributed by atoms with Crippen LogP contribution in [0.2, 0.25) is 0 Å². The van der Waals surface area contributed by atoms with Gasteiger partial charge >= 0.3 is 0 Å². The van der Waals surface area contributed by atoms with E-state index in [9.17, 15) is 0 Å². The molecule has 2 aromatic heterocycles. The molecular weight excluding hydrogens is 985 g/mol. The Hall–Kier alpha value is -9.55. The molecule has 0 aliphatic heterocycles. The molecular formula is C75H60N4Si. The smallest absolute Gasteiger partial charge is 0.179 e. The van der Waals surface area contributed by atoms with Crippen molar-refractivity contribution in [3.05, 3.63) is 288 Å². The van der Waals surface area contributed by atoms with Crippen LogP contribution < -0.4 is 20.7 Å². The zero-order chi connectivity index (χ0) is 54.5. The summed E-state index contributed by atoms with van der Waals surface area (Å²) in [7, 11) is -2.96. The first-order chi connectivity index (χ1) is 39.1. The van der Waals surface area contributed by atoms with E-state index in [1.54, 1.807) is 0 Å². The molecule has 0 saturated carbocycles. The minimum atomic E-state index is -2.96. The Morgan fingerprint density at radius 3 is 1.11 bits per heavy atom. The minimum absolute atomic E-state index is 0.602. The number of aryl methyl sites for hydroxylation is 6. The minimum Gasteiger partial charge on any atom is -0.309 e. The Morgan fingerprint density at radius 2 is 0.675 bits per heavy atom. The number of aromatic nitrogens is 4. The van der Waals surface area contributed by atoms with Crippen LogP contribution in [-0.4, -0.2) is 27.6 Å². The van der Waals surface area contributed by atoms with E-state index in [-0.39, 0.29) is 0 Å². The molecule has 0 aliphatic rings. The van der Waals surface area contributed by atoms with E-state index < -0.39 is 8.07 Å². The number of fused-ring (bicyclic) bond motifs is 3. The van der Waals surface area contributed by atoms with Gasteiger partial charge in [-0.15, -0.1) is 0 Å². The number of benzene rings is 11. The molecule has 11 aromatic carbocycles. The van der Waals surface area contributed by atoms with Crippen molar-refractivity contribution in [3.63, 3.8) is 0 Å². The lowest BCUT2D eigenvalue weighted by Gasteiger charge is -2.34. The van der Waals surface area contributed by atoms with E-state index in [1.165, 1.54) is 87.2 Å². The van der Waals surface area contributed by atoms with Crippen molar-refractivity contribution in [2.45, 2.75) is 41.5 Å². The van der Waals surface area contributed by atoms with Gasteiger partial charge in [0, 0.05) is 33.2 Å². The molecule has 0 N–H and O–H groups in total. The first-order valence-corrected chi connectivity index (χ1v) is 29.7. The van der Waals surface area contributed by atoms with Crippen LogP contribution >= 0.6 is 0 Å². The van der Waals surface area contributed by atoms with Gasteiger partial charge in [0.05, 0.1) is 11.0 Å². The SMILES string of the molecule is Cc1cc(C)c(-c2ccc3c4ccc(-c5c(C)cc(C)cc5C)cc4n(-c4ccc(-c5nc(-c6ccccc6)nc(-c6ccccc6)n5)c(-c5cccc([Si](c6ccccc6)(c6ccccc6)c6ccccc6)c5)c4)c3c2)c(C)c1. The van der Waals surface area contributed by atoms with Crippen LogP contribution in [0.3, 0.4) is 0 Å². The molecule has 13 aromatic rings. The second-order valence-corrected chi connectivity index (χ2v) is 25.4. The van der Waals surface area contributed by atoms with Gasteiger partial charge in [-0.3, -0.25) is 0 Å². The Kier molecular flexibility index (Phi) is 12.9. The lowest BCUT2D eigenvalue weighted by Crippen LogP contribution is -2.74. The third kappa shape index (κ3) is 8.86. The molecule has 0 spiro atoms. The molecule has 0 atom stereocenters. The lowest BCUT2D eigenvalue weighted by atomic mass is 9.92. The third-order valence-corrected chi connectivity index (χ3v) is 20.9. The van der Waals surface area contributed by atoms with Crippen LogP contribution in [0.25, 0.3) is 95.0 Å². The van der Waals surface area contributed by atoms with Crippen LogP contribution in [0.1, 0.15) is 33.4 Å². The normalized spacial score (nSPS) is 11.6. The summed E-state index contributed by atoms with van der Waals surface area (Å²) in [6.45, 7) is 13.3. The zero-order valence-corrected chi connectivity index (χ0v) is 47.0. The van der Waals surface area contributed by atoms with Gasteiger partial charge in [-0.05, 0) is 148 Å². The molecule has 2 heterocycles. The Morgan fingerprint density at radius 1 is 0.287 bits per heavy atom. The number of rotatable bonds is 11. The second kappa shape index (κ2) is 20.7. The van der Waals surface area contributed by atoms with Crippen LogP contribution in [0.4, 0.5) is 0 Å². The third-order valence-electron chi connectivity index (χ3n) is 16.1. The molecule has 0 amide bonds. The fourth-order valence-electron chi connectivity index (χ4n) is 12.9. The summed E-state index contributed by atoms with van der Waals surface area (Å²) in [6.07, 6.45) is 0. The van der Waals surface area contributed by atoms with E-state index in [0.717, 1.165) is 44.5 Å². The van der Waals surface area contributed by atoms with Crippen molar-refractivity contribution in [3.8, 4) is 73.2 Å². The van der Waals surface area contributed by atoms with Crippen molar-refractivity contribution < 1.29 is 0 Å². The Balaban J connectivity index is 1.13. The molecule has 0 fully saturated rings. The molecule has 0 saturated heterocycles. The van der Waals surface area contributed by atoms with Crippen molar-refractivity contribution in [1.29, 1.82) is 0 Å². The summed E-state index contributed by atoms with van der Waals surface area (Å²) < 4.78 is 2.50. The molecule has 0 bridgehead atoms. The molecule has 0 radical (unpaired) electrons. The van der Waals surface area contributed by atoms with Crippen LogP contribution in [0, 0.1) is 41.5 Å². The van der Waals surface area contributed by atoms with E-state index in [4.69, 9.17) is 15.0 Å². The fraction of sp³-hybridized carbons (Fsp3) is 0.0800. The lowest BCUT2D eigenvalue weighted by molar-refractivity contribution is 1.07. The zero-order valence-electron chi connectivity index (χ0n) is 46.0. The molecule has 0 aliphatic carbocycles. The molecule has 5 heteroatoms. The van der Waals surface area contributed by atoms with E-state index in [2.05, 4.69) is 264 Å². The topological polar surface area (TPSA) is 43.6 Å². The quantitative estimate of drug-likeness (QED) is 0.0958. The van der Waals surface area contributed by atoms with Gasteiger partial charge in [-0.2, -0.15) is 0 Å².